The molecule has 0 saturated carbocycles. The van der Waals surface area contributed by atoms with Crippen LogP contribution in [0.3, 0.4) is 0 Å². The van der Waals surface area contributed by atoms with Crippen LogP contribution >= 0.6 is 0 Å². The molecule has 0 atom stereocenters. The molecule has 0 unspecified atom stereocenters. The molecular formula is C15H19F4N5. The third-order valence-corrected chi connectivity index (χ3v) is 3.67. The number of aliphatic imine (C=N–C) groups is 2. The molecule has 9 heteroatoms. The summed E-state index contributed by atoms with van der Waals surface area (Å²) in [6.07, 6.45) is -1.59. The number of nitrogens with zero attached hydrogens (tertiary/aromatic N) is 3. The van der Waals surface area contributed by atoms with Crippen LogP contribution in [0.5, 0.6) is 0 Å². The lowest BCUT2D eigenvalue weighted by atomic mass is 10.1. The monoisotopic (exact) mass is 345 g/mol. The smallest absolute Gasteiger partial charge is 0.369 e. The van der Waals surface area contributed by atoms with Gasteiger partial charge in [0, 0.05) is 13.1 Å². The van der Waals surface area contributed by atoms with Crippen LogP contribution in [0.2, 0.25) is 0 Å². The molecular weight excluding hydrogens is 326 g/mol. The van der Waals surface area contributed by atoms with Crippen LogP contribution in [0.1, 0.15) is 30.4 Å². The van der Waals surface area contributed by atoms with Crippen molar-refractivity contribution in [3.05, 3.63) is 35.1 Å². The Kier molecular flexibility index (Phi) is 5.63. The summed E-state index contributed by atoms with van der Waals surface area (Å²) in [5, 5.41) is 0. The van der Waals surface area contributed by atoms with Gasteiger partial charge in [-0.25, -0.2) is 9.38 Å². The Balaban J connectivity index is 2.07. The number of halogens is 4. The molecule has 0 aliphatic carbocycles. The van der Waals surface area contributed by atoms with Gasteiger partial charge in [0.1, 0.15) is 5.82 Å². The van der Waals surface area contributed by atoms with Gasteiger partial charge in [-0.2, -0.15) is 18.2 Å². The maximum atomic E-state index is 13.2. The lowest BCUT2D eigenvalue weighted by molar-refractivity contribution is -0.140. The van der Waals surface area contributed by atoms with Crippen molar-refractivity contribution in [2.24, 2.45) is 21.5 Å². The standard InChI is InChI=1S/C15H19F4N5/c16-12-5-4-10(8-11(12)15(17,18)19)9-22-13(20)23-14(21)24-6-2-1-3-7-24/h4-5,8H,1-3,6-7,9H2,(H4,20,21,22,23). The molecule has 1 heterocycles. The van der Waals surface area contributed by atoms with Gasteiger partial charge in [-0.05, 0) is 37.0 Å². The van der Waals surface area contributed by atoms with Gasteiger partial charge in [0.2, 0.25) is 5.96 Å². The van der Waals surface area contributed by atoms with E-state index in [9.17, 15) is 17.6 Å². The number of benzene rings is 1. The van der Waals surface area contributed by atoms with Crippen LogP contribution in [-0.2, 0) is 12.7 Å². The van der Waals surface area contributed by atoms with Crippen LogP contribution < -0.4 is 11.5 Å². The Morgan fingerprint density at radius 2 is 1.79 bits per heavy atom. The molecule has 0 radical (unpaired) electrons. The van der Waals surface area contributed by atoms with E-state index in [2.05, 4.69) is 9.98 Å². The van der Waals surface area contributed by atoms with E-state index in [0.29, 0.717) is 6.07 Å². The lowest BCUT2D eigenvalue weighted by Crippen LogP contribution is -2.41. The van der Waals surface area contributed by atoms with Crippen molar-refractivity contribution in [1.29, 1.82) is 0 Å². The molecule has 132 valence electrons. The van der Waals surface area contributed by atoms with Crippen LogP contribution in [-0.4, -0.2) is 29.9 Å². The fraction of sp³-hybridized carbons (Fsp3) is 0.467. The fourth-order valence-electron chi connectivity index (χ4n) is 2.41. The van der Waals surface area contributed by atoms with Crippen molar-refractivity contribution in [3.8, 4) is 0 Å². The molecule has 1 fully saturated rings. The first kappa shape index (κ1) is 18.0. The first-order chi connectivity index (χ1) is 11.3. The minimum Gasteiger partial charge on any atom is -0.369 e. The Bertz CT molecular complexity index is 633. The zero-order valence-corrected chi connectivity index (χ0v) is 13.0. The van der Waals surface area contributed by atoms with Crippen molar-refractivity contribution < 1.29 is 17.6 Å². The average Bonchev–Trinajstić information content (AvgIpc) is 2.53. The van der Waals surface area contributed by atoms with E-state index >= 15 is 0 Å². The third kappa shape index (κ3) is 4.84. The van der Waals surface area contributed by atoms with Gasteiger partial charge in [-0.15, -0.1) is 0 Å². The highest BCUT2D eigenvalue weighted by atomic mass is 19.4. The molecule has 0 bridgehead atoms. The van der Waals surface area contributed by atoms with Gasteiger partial charge in [-0.3, -0.25) is 0 Å². The molecule has 0 amide bonds. The molecule has 5 nitrogen and oxygen atoms in total. The molecule has 4 N–H and O–H groups in total. The van der Waals surface area contributed by atoms with Crippen LogP contribution in [0, 0.1) is 5.82 Å². The topological polar surface area (TPSA) is 80.0 Å². The van der Waals surface area contributed by atoms with Crippen molar-refractivity contribution >= 4 is 11.9 Å². The second kappa shape index (κ2) is 7.50. The zero-order chi connectivity index (χ0) is 17.7. The second-order valence-electron chi connectivity index (χ2n) is 5.50. The number of guanidine groups is 2. The average molecular weight is 345 g/mol. The molecule has 2 rings (SSSR count). The number of hydrogen-bond donors (Lipinski definition) is 2. The molecule has 1 aromatic rings. The number of likely N-dealkylation sites (tertiary alicyclic amines) is 1. The molecule has 1 saturated heterocycles. The summed E-state index contributed by atoms with van der Waals surface area (Å²) in [5.74, 6) is -1.21. The summed E-state index contributed by atoms with van der Waals surface area (Å²) in [5.41, 5.74) is 10.3. The normalized spacial score (nSPS) is 17.2. The Hall–Kier alpha value is -2.32. The maximum Gasteiger partial charge on any atom is 0.419 e. The number of nitrogens with two attached hydrogens (primary N) is 2. The quantitative estimate of drug-likeness (QED) is 0.491. The van der Waals surface area contributed by atoms with Crippen molar-refractivity contribution in [3.63, 3.8) is 0 Å². The minimum atomic E-state index is -4.76. The van der Waals surface area contributed by atoms with Crippen molar-refractivity contribution in [1.82, 2.24) is 4.90 Å². The number of hydrogen-bond acceptors (Lipinski definition) is 1. The van der Waals surface area contributed by atoms with E-state index in [1.165, 1.54) is 6.07 Å². The molecule has 1 aliphatic rings. The Morgan fingerprint density at radius 3 is 2.42 bits per heavy atom. The van der Waals surface area contributed by atoms with Crippen LogP contribution in [0.15, 0.2) is 28.2 Å². The van der Waals surface area contributed by atoms with E-state index in [1.807, 2.05) is 4.90 Å². The maximum absolute atomic E-state index is 13.2. The predicted octanol–water partition coefficient (Wildman–Crippen LogP) is 2.46. The largest absolute Gasteiger partial charge is 0.419 e. The van der Waals surface area contributed by atoms with Crippen molar-refractivity contribution in [2.75, 3.05) is 13.1 Å². The Labute approximate surface area is 137 Å². The predicted molar refractivity (Wildman–Crippen MR) is 83.8 cm³/mol. The summed E-state index contributed by atoms with van der Waals surface area (Å²) >= 11 is 0. The molecule has 0 aromatic heterocycles. The van der Waals surface area contributed by atoms with Crippen LogP contribution in [0.4, 0.5) is 17.6 Å². The van der Waals surface area contributed by atoms with E-state index in [-0.39, 0.29) is 24.0 Å². The van der Waals surface area contributed by atoms with Gasteiger partial charge in [-0.1, -0.05) is 6.07 Å². The molecule has 1 aromatic carbocycles. The highest BCUT2D eigenvalue weighted by Gasteiger charge is 2.34. The summed E-state index contributed by atoms with van der Waals surface area (Å²) in [7, 11) is 0. The summed E-state index contributed by atoms with van der Waals surface area (Å²) in [6.45, 7) is 1.43. The van der Waals surface area contributed by atoms with Gasteiger partial charge >= 0.3 is 6.18 Å². The van der Waals surface area contributed by atoms with E-state index in [4.69, 9.17) is 11.5 Å². The van der Waals surface area contributed by atoms with Crippen LogP contribution in [0.25, 0.3) is 0 Å². The highest BCUT2D eigenvalue weighted by molar-refractivity contribution is 5.93. The van der Waals surface area contributed by atoms with Gasteiger partial charge in [0.15, 0.2) is 5.96 Å². The molecule has 24 heavy (non-hydrogen) atoms. The molecule has 0 spiro atoms. The zero-order valence-electron chi connectivity index (χ0n) is 13.0. The van der Waals surface area contributed by atoms with Gasteiger partial charge < -0.3 is 16.4 Å². The van der Waals surface area contributed by atoms with Gasteiger partial charge in [0.25, 0.3) is 0 Å². The summed E-state index contributed by atoms with van der Waals surface area (Å²) in [4.78, 5) is 9.73. The van der Waals surface area contributed by atoms with E-state index in [1.54, 1.807) is 0 Å². The lowest BCUT2D eigenvalue weighted by Gasteiger charge is -2.27. The van der Waals surface area contributed by atoms with E-state index in [0.717, 1.165) is 38.4 Å². The van der Waals surface area contributed by atoms with Crippen molar-refractivity contribution in [2.45, 2.75) is 32.0 Å². The number of alkyl halides is 3. The summed E-state index contributed by atoms with van der Waals surface area (Å²) in [6, 6.07) is 2.69. The van der Waals surface area contributed by atoms with Gasteiger partial charge in [0.05, 0.1) is 12.1 Å². The summed E-state index contributed by atoms with van der Waals surface area (Å²) < 4.78 is 51.2. The Morgan fingerprint density at radius 1 is 1.12 bits per heavy atom. The minimum absolute atomic E-state index is 0.129. The SMILES string of the molecule is NC(=NCc1ccc(F)c(C(F)(F)F)c1)/N=C(\N)N1CCCCC1. The van der Waals surface area contributed by atoms with E-state index < -0.39 is 17.6 Å². The number of rotatable bonds is 2. The highest BCUT2D eigenvalue weighted by Crippen LogP contribution is 2.31. The third-order valence-electron chi connectivity index (χ3n) is 3.67. The first-order valence-corrected chi connectivity index (χ1v) is 7.52. The second-order valence-corrected chi connectivity index (χ2v) is 5.50. The fourth-order valence-corrected chi connectivity index (χ4v) is 2.41. The first-order valence-electron chi connectivity index (χ1n) is 7.52. The number of piperidine rings is 1. The molecule has 1 aliphatic heterocycles.